The smallest absolute Gasteiger partial charge is 0.224 e. The topological polar surface area (TPSA) is 26.3 Å². The van der Waals surface area contributed by atoms with Gasteiger partial charge in [-0.05, 0) is 0 Å². The number of ether oxygens (including phenoxy) is 1. The van der Waals surface area contributed by atoms with Crippen molar-refractivity contribution in [1.82, 2.24) is 0 Å². The molecular weight excluding hydrogens is 312 g/mol. The first-order valence-corrected chi connectivity index (χ1v) is 6.30. The Hall–Kier alpha value is -0.350. The summed E-state index contributed by atoms with van der Waals surface area (Å²) < 4.78 is 5.11. The van der Waals surface area contributed by atoms with Gasteiger partial charge in [-0.25, -0.2) is 0 Å². The quantitative estimate of drug-likeness (QED) is 0.800. The second kappa shape index (κ2) is 5.51. The van der Waals surface area contributed by atoms with Crippen molar-refractivity contribution >= 4 is 31.9 Å². The molecule has 4 heteroatoms. The standard InChI is InChI=1S/C10H10Br2O2/c1-14-10-8(6-12)4-2-3-7(5-11)9(10)13/h2-4H,5-6H2,1H3. The van der Waals surface area contributed by atoms with E-state index in [9.17, 15) is 4.79 Å². The lowest BCUT2D eigenvalue weighted by Gasteiger charge is -2.00. The summed E-state index contributed by atoms with van der Waals surface area (Å²) in [5, 5.41) is 1.15. The lowest BCUT2D eigenvalue weighted by molar-refractivity contribution is 0.408. The zero-order valence-corrected chi connectivity index (χ0v) is 10.9. The molecule has 0 aliphatic carbocycles. The maximum atomic E-state index is 11.8. The molecule has 76 valence electrons. The van der Waals surface area contributed by atoms with Gasteiger partial charge in [0.2, 0.25) is 5.43 Å². The molecule has 0 radical (unpaired) electrons. The van der Waals surface area contributed by atoms with E-state index in [1.807, 2.05) is 12.1 Å². The van der Waals surface area contributed by atoms with Gasteiger partial charge in [0.25, 0.3) is 0 Å². The normalized spacial score (nSPS) is 9.93. The van der Waals surface area contributed by atoms with Crippen LogP contribution < -0.4 is 10.2 Å². The van der Waals surface area contributed by atoms with E-state index in [0.717, 1.165) is 5.56 Å². The summed E-state index contributed by atoms with van der Waals surface area (Å²) in [5.74, 6) is 0.418. The molecule has 0 N–H and O–H groups in total. The van der Waals surface area contributed by atoms with E-state index in [0.29, 0.717) is 22.0 Å². The maximum absolute atomic E-state index is 11.8. The molecule has 0 aliphatic rings. The van der Waals surface area contributed by atoms with Gasteiger partial charge in [-0.3, -0.25) is 4.79 Å². The van der Waals surface area contributed by atoms with Crippen molar-refractivity contribution < 1.29 is 4.74 Å². The van der Waals surface area contributed by atoms with Crippen LogP contribution in [0.5, 0.6) is 5.75 Å². The van der Waals surface area contributed by atoms with E-state index in [1.165, 1.54) is 7.11 Å². The Labute approximate surface area is 99.5 Å². The third kappa shape index (κ3) is 2.36. The van der Waals surface area contributed by atoms with Gasteiger partial charge in [0, 0.05) is 21.8 Å². The van der Waals surface area contributed by atoms with Gasteiger partial charge < -0.3 is 4.74 Å². The van der Waals surface area contributed by atoms with Gasteiger partial charge in [-0.1, -0.05) is 50.1 Å². The first-order valence-electron chi connectivity index (χ1n) is 4.05. The van der Waals surface area contributed by atoms with Crippen molar-refractivity contribution in [2.24, 2.45) is 0 Å². The fourth-order valence-electron chi connectivity index (χ4n) is 1.16. The van der Waals surface area contributed by atoms with Crippen LogP contribution in [0.3, 0.4) is 0 Å². The molecule has 0 bridgehead atoms. The Morgan fingerprint density at radius 2 is 1.79 bits per heavy atom. The van der Waals surface area contributed by atoms with E-state index in [1.54, 1.807) is 6.07 Å². The second-order valence-electron chi connectivity index (χ2n) is 2.71. The molecule has 0 spiro atoms. The Bertz CT molecular complexity index is 377. The van der Waals surface area contributed by atoms with Crippen LogP contribution >= 0.6 is 31.9 Å². The van der Waals surface area contributed by atoms with Gasteiger partial charge in [0.05, 0.1) is 7.11 Å². The molecule has 0 aliphatic heterocycles. The van der Waals surface area contributed by atoms with Gasteiger partial charge in [0.1, 0.15) is 0 Å². The Morgan fingerprint density at radius 3 is 2.29 bits per heavy atom. The molecule has 0 saturated heterocycles. The second-order valence-corrected chi connectivity index (χ2v) is 3.83. The fourth-order valence-corrected chi connectivity index (χ4v) is 2.04. The minimum Gasteiger partial charge on any atom is -0.492 e. The zero-order chi connectivity index (χ0) is 10.6. The van der Waals surface area contributed by atoms with Crippen molar-refractivity contribution in [2.75, 3.05) is 7.11 Å². The van der Waals surface area contributed by atoms with Gasteiger partial charge in [0.15, 0.2) is 5.75 Å². The highest BCUT2D eigenvalue weighted by atomic mass is 79.9. The van der Waals surface area contributed by atoms with E-state index in [4.69, 9.17) is 4.74 Å². The van der Waals surface area contributed by atoms with Crippen LogP contribution in [0.25, 0.3) is 0 Å². The highest BCUT2D eigenvalue weighted by Gasteiger charge is 2.07. The number of alkyl halides is 2. The van der Waals surface area contributed by atoms with Crippen LogP contribution in [0.15, 0.2) is 23.0 Å². The summed E-state index contributed by atoms with van der Waals surface area (Å²) in [4.78, 5) is 11.8. The van der Waals surface area contributed by atoms with Crippen molar-refractivity contribution in [1.29, 1.82) is 0 Å². The molecule has 0 aromatic heterocycles. The van der Waals surface area contributed by atoms with E-state index >= 15 is 0 Å². The molecule has 0 atom stereocenters. The molecule has 0 saturated carbocycles. The van der Waals surface area contributed by atoms with Crippen LogP contribution in [0, 0.1) is 0 Å². The largest absolute Gasteiger partial charge is 0.492 e. The average molecular weight is 322 g/mol. The number of hydrogen-bond donors (Lipinski definition) is 0. The summed E-state index contributed by atoms with van der Waals surface area (Å²) in [6.45, 7) is 0. The number of rotatable bonds is 3. The van der Waals surface area contributed by atoms with Crippen LogP contribution in [-0.2, 0) is 10.7 Å². The molecule has 14 heavy (non-hydrogen) atoms. The molecule has 1 aromatic carbocycles. The summed E-state index contributed by atoms with van der Waals surface area (Å²) in [6.07, 6.45) is 0. The van der Waals surface area contributed by atoms with Crippen molar-refractivity contribution in [3.05, 3.63) is 39.5 Å². The first-order chi connectivity index (χ1) is 6.74. The zero-order valence-electron chi connectivity index (χ0n) is 7.72. The predicted octanol–water partition coefficient (Wildman–Crippen LogP) is 2.85. The van der Waals surface area contributed by atoms with E-state index in [-0.39, 0.29) is 5.43 Å². The average Bonchev–Trinajstić information content (AvgIpc) is 2.36. The number of halogens is 2. The van der Waals surface area contributed by atoms with E-state index in [2.05, 4.69) is 31.9 Å². The molecule has 0 fully saturated rings. The Morgan fingerprint density at radius 1 is 1.21 bits per heavy atom. The Balaban J connectivity index is 3.49. The highest BCUT2D eigenvalue weighted by Crippen LogP contribution is 2.16. The Kier molecular flexibility index (Phi) is 4.62. The predicted molar refractivity (Wildman–Crippen MR) is 64.5 cm³/mol. The first kappa shape index (κ1) is 11.7. The van der Waals surface area contributed by atoms with Crippen molar-refractivity contribution in [3.63, 3.8) is 0 Å². The van der Waals surface area contributed by atoms with Crippen molar-refractivity contribution in [3.8, 4) is 5.75 Å². The molecule has 0 unspecified atom stereocenters. The van der Waals surface area contributed by atoms with Gasteiger partial charge in [-0.15, -0.1) is 0 Å². The molecular formula is C10H10Br2O2. The SMILES string of the molecule is COc1c(CBr)cccc(CBr)c1=O. The molecule has 0 heterocycles. The van der Waals surface area contributed by atoms with Crippen LogP contribution in [-0.4, -0.2) is 7.11 Å². The lowest BCUT2D eigenvalue weighted by atomic mass is 10.2. The van der Waals surface area contributed by atoms with E-state index < -0.39 is 0 Å². The minimum absolute atomic E-state index is 0.0520. The summed E-state index contributed by atoms with van der Waals surface area (Å²) >= 11 is 6.59. The summed E-state index contributed by atoms with van der Waals surface area (Å²) in [6, 6.07) is 5.53. The molecule has 2 nitrogen and oxygen atoms in total. The summed E-state index contributed by atoms with van der Waals surface area (Å²) in [5.41, 5.74) is 1.52. The van der Waals surface area contributed by atoms with Crippen molar-refractivity contribution in [2.45, 2.75) is 10.7 Å². The number of hydrogen-bond acceptors (Lipinski definition) is 2. The third-order valence-electron chi connectivity index (χ3n) is 1.88. The molecule has 1 rings (SSSR count). The highest BCUT2D eigenvalue weighted by molar-refractivity contribution is 9.08. The van der Waals surface area contributed by atoms with Gasteiger partial charge in [-0.2, -0.15) is 0 Å². The van der Waals surface area contributed by atoms with Crippen LogP contribution in [0.4, 0.5) is 0 Å². The van der Waals surface area contributed by atoms with Crippen LogP contribution in [0.2, 0.25) is 0 Å². The maximum Gasteiger partial charge on any atom is 0.224 e. The summed E-state index contributed by atoms with van der Waals surface area (Å²) in [7, 11) is 1.51. The lowest BCUT2D eigenvalue weighted by Crippen LogP contribution is -2.08. The minimum atomic E-state index is -0.0520. The molecule has 0 amide bonds. The number of methoxy groups -OCH3 is 1. The monoisotopic (exact) mass is 320 g/mol. The fraction of sp³-hybridized carbons (Fsp3) is 0.300. The van der Waals surface area contributed by atoms with Gasteiger partial charge >= 0.3 is 0 Å². The van der Waals surface area contributed by atoms with Crippen LogP contribution in [0.1, 0.15) is 11.1 Å². The molecule has 1 aromatic rings. The third-order valence-corrected chi connectivity index (χ3v) is 3.08.